The van der Waals surface area contributed by atoms with Gasteiger partial charge in [-0.3, -0.25) is 4.79 Å². The molecule has 1 amide bonds. The first kappa shape index (κ1) is 17.4. The highest BCUT2D eigenvalue weighted by atomic mass is 16.5. The van der Waals surface area contributed by atoms with Gasteiger partial charge in [0.05, 0.1) is 19.6 Å². The van der Waals surface area contributed by atoms with Gasteiger partial charge in [-0.15, -0.1) is 0 Å². The maximum Gasteiger partial charge on any atom is 0.227 e. The van der Waals surface area contributed by atoms with Crippen molar-refractivity contribution in [2.45, 2.75) is 32.4 Å². The highest BCUT2D eigenvalue weighted by Gasteiger charge is 2.30. The van der Waals surface area contributed by atoms with Crippen molar-refractivity contribution < 1.29 is 9.53 Å². The second-order valence-electron chi connectivity index (χ2n) is 6.44. The first-order valence-electron chi connectivity index (χ1n) is 8.64. The Labute approximate surface area is 148 Å². The molecular weight excluding hydrogens is 316 g/mol. The van der Waals surface area contributed by atoms with E-state index in [1.54, 1.807) is 6.20 Å². The molecule has 0 radical (unpaired) electrons. The van der Waals surface area contributed by atoms with Gasteiger partial charge < -0.3 is 15.0 Å². The van der Waals surface area contributed by atoms with E-state index in [0.29, 0.717) is 32.0 Å². The number of morpholine rings is 1. The van der Waals surface area contributed by atoms with E-state index in [4.69, 9.17) is 4.74 Å². The molecule has 2 aromatic rings. The number of anilines is 1. The molecule has 0 bridgehead atoms. The molecular formula is C19H24N4O2. The second kappa shape index (κ2) is 8.07. The zero-order chi connectivity index (χ0) is 17.6. The Kier molecular flexibility index (Phi) is 5.60. The number of hydrogen-bond donors (Lipinski definition) is 1. The van der Waals surface area contributed by atoms with E-state index < -0.39 is 0 Å². The van der Waals surface area contributed by atoms with Crippen LogP contribution in [0.5, 0.6) is 0 Å². The summed E-state index contributed by atoms with van der Waals surface area (Å²) in [5, 5.41) is 3.27. The number of ether oxygens (including phenoxy) is 1. The van der Waals surface area contributed by atoms with E-state index in [0.717, 1.165) is 11.4 Å². The molecule has 1 saturated heterocycles. The van der Waals surface area contributed by atoms with E-state index in [-0.39, 0.29) is 18.0 Å². The Morgan fingerprint density at radius 2 is 2.12 bits per heavy atom. The first-order valence-corrected chi connectivity index (χ1v) is 8.64. The smallest absolute Gasteiger partial charge is 0.227 e. The average Bonchev–Trinajstić information content (AvgIpc) is 2.62. The van der Waals surface area contributed by atoms with Crippen molar-refractivity contribution in [2.24, 2.45) is 0 Å². The van der Waals surface area contributed by atoms with Gasteiger partial charge in [0.2, 0.25) is 5.91 Å². The molecule has 0 aliphatic carbocycles. The number of carbonyl (C=O) groups excluding carboxylic acids is 1. The summed E-state index contributed by atoms with van der Waals surface area (Å²) < 4.78 is 5.59. The summed E-state index contributed by atoms with van der Waals surface area (Å²) >= 11 is 0. The summed E-state index contributed by atoms with van der Waals surface area (Å²) in [5.41, 5.74) is 1.01. The zero-order valence-corrected chi connectivity index (χ0v) is 14.7. The molecule has 25 heavy (non-hydrogen) atoms. The third-order valence-electron chi connectivity index (χ3n) is 4.06. The highest BCUT2D eigenvalue weighted by Crippen LogP contribution is 2.23. The fourth-order valence-corrected chi connectivity index (χ4v) is 2.90. The van der Waals surface area contributed by atoms with Crippen LogP contribution in [0.2, 0.25) is 0 Å². The average molecular weight is 340 g/mol. The monoisotopic (exact) mass is 340 g/mol. The van der Waals surface area contributed by atoms with Crippen LogP contribution in [-0.4, -0.2) is 46.6 Å². The Bertz CT molecular complexity index is 706. The quantitative estimate of drug-likeness (QED) is 0.905. The number of hydrogen-bond acceptors (Lipinski definition) is 5. The standard InChI is InChI=1S/C19H24N4O2/c1-14(2)21-17-8-9-20-19(22-17)16-13-25-11-10-23(16)18(24)12-15-6-4-3-5-7-15/h3-9,14,16H,10-13H2,1-2H3,(H,20,21,22)/t16-/m1/s1. The molecule has 1 fully saturated rings. The molecule has 0 spiro atoms. The Balaban J connectivity index is 1.77. The molecule has 1 aromatic heterocycles. The van der Waals surface area contributed by atoms with E-state index >= 15 is 0 Å². The molecule has 6 nitrogen and oxygen atoms in total. The van der Waals surface area contributed by atoms with Crippen LogP contribution in [0.1, 0.15) is 31.3 Å². The summed E-state index contributed by atoms with van der Waals surface area (Å²) in [6, 6.07) is 11.6. The molecule has 6 heteroatoms. The highest BCUT2D eigenvalue weighted by molar-refractivity contribution is 5.79. The largest absolute Gasteiger partial charge is 0.377 e. The fraction of sp³-hybridized carbons (Fsp3) is 0.421. The van der Waals surface area contributed by atoms with Gasteiger partial charge in [0, 0.05) is 18.8 Å². The molecule has 1 aliphatic heterocycles. The number of aromatic nitrogens is 2. The van der Waals surface area contributed by atoms with Crippen molar-refractivity contribution in [3.05, 3.63) is 54.0 Å². The maximum absolute atomic E-state index is 12.8. The molecule has 1 aromatic carbocycles. The lowest BCUT2D eigenvalue weighted by Gasteiger charge is -2.34. The predicted molar refractivity (Wildman–Crippen MR) is 96.2 cm³/mol. The molecule has 1 aliphatic rings. The van der Waals surface area contributed by atoms with Crippen molar-refractivity contribution in [1.82, 2.24) is 14.9 Å². The Morgan fingerprint density at radius 3 is 2.88 bits per heavy atom. The predicted octanol–water partition coefficient (Wildman–Crippen LogP) is 2.44. The number of nitrogens with zero attached hydrogens (tertiary/aromatic N) is 3. The Morgan fingerprint density at radius 1 is 1.32 bits per heavy atom. The van der Waals surface area contributed by atoms with E-state index in [2.05, 4.69) is 29.1 Å². The molecule has 1 N–H and O–H groups in total. The van der Waals surface area contributed by atoms with Crippen LogP contribution >= 0.6 is 0 Å². The summed E-state index contributed by atoms with van der Waals surface area (Å²) in [7, 11) is 0. The Hall–Kier alpha value is -2.47. The van der Waals surface area contributed by atoms with Crippen LogP contribution in [0.25, 0.3) is 0 Å². The van der Waals surface area contributed by atoms with Gasteiger partial charge in [0.25, 0.3) is 0 Å². The van der Waals surface area contributed by atoms with Gasteiger partial charge in [-0.25, -0.2) is 9.97 Å². The van der Waals surface area contributed by atoms with Crippen molar-refractivity contribution in [1.29, 1.82) is 0 Å². The molecule has 132 valence electrons. The number of carbonyl (C=O) groups is 1. The topological polar surface area (TPSA) is 67.4 Å². The lowest BCUT2D eigenvalue weighted by molar-refractivity contribution is -0.139. The van der Waals surface area contributed by atoms with Gasteiger partial charge in [0.15, 0.2) is 5.82 Å². The number of amides is 1. The van der Waals surface area contributed by atoms with Crippen LogP contribution < -0.4 is 5.32 Å². The van der Waals surface area contributed by atoms with Gasteiger partial charge in [-0.1, -0.05) is 30.3 Å². The number of rotatable bonds is 5. The normalized spacial score (nSPS) is 17.6. The minimum atomic E-state index is -0.251. The second-order valence-corrected chi connectivity index (χ2v) is 6.44. The van der Waals surface area contributed by atoms with Crippen molar-refractivity contribution in [3.8, 4) is 0 Å². The van der Waals surface area contributed by atoms with Crippen LogP contribution in [-0.2, 0) is 16.0 Å². The van der Waals surface area contributed by atoms with Gasteiger partial charge in [0.1, 0.15) is 11.9 Å². The first-order chi connectivity index (χ1) is 12.1. The maximum atomic E-state index is 12.8. The summed E-state index contributed by atoms with van der Waals surface area (Å²) in [6.45, 7) is 5.64. The van der Waals surface area contributed by atoms with Crippen LogP contribution in [0, 0.1) is 0 Å². The molecule has 2 heterocycles. The summed E-state index contributed by atoms with van der Waals surface area (Å²) in [5.74, 6) is 1.46. The minimum absolute atomic E-state index is 0.0744. The third-order valence-corrected chi connectivity index (χ3v) is 4.06. The van der Waals surface area contributed by atoms with E-state index in [9.17, 15) is 4.79 Å². The lowest BCUT2D eigenvalue weighted by Crippen LogP contribution is -2.44. The molecule has 0 saturated carbocycles. The van der Waals surface area contributed by atoms with E-state index in [1.807, 2.05) is 41.3 Å². The van der Waals surface area contributed by atoms with E-state index in [1.165, 1.54) is 0 Å². The SMILES string of the molecule is CC(C)Nc1ccnc([C@H]2COCCN2C(=O)Cc2ccccc2)n1. The summed E-state index contributed by atoms with van der Waals surface area (Å²) in [6.07, 6.45) is 2.10. The lowest BCUT2D eigenvalue weighted by atomic mass is 10.1. The van der Waals surface area contributed by atoms with Gasteiger partial charge in [-0.2, -0.15) is 0 Å². The van der Waals surface area contributed by atoms with Crippen LogP contribution in [0.4, 0.5) is 5.82 Å². The zero-order valence-electron chi connectivity index (χ0n) is 14.7. The third kappa shape index (κ3) is 4.54. The number of nitrogens with one attached hydrogen (secondary N) is 1. The van der Waals surface area contributed by atoms with Gasteiger partial charge in [-0.05, 0) is 25.5 Å². The molecule has 0 unspecified atom stereocenters. The van der Waals surface area contributed by atoms with Crippen molar-refractivity contribution >= 4 is 11.7 Å². The minimum Gasteiger partial charge on any atom is -0.377 e. The van der Waals surface area contributed by atoms with Crippen LogP contribution in [0.3, 0.4) is 0 Å². The van der Waals surface area contributed by atoms with Gasteiger partial charge >= 0.3 is 0 Å². The summed E-state index contributed by atoms with van der Waals surface area (Å²) in [4.78, 5) is 23.6. The number of benzene rings is 1. The fourth-order valence-electron chi connectivity index (χ4n) is 2.90. The van der Waals surface area contributed by atoms with Crippen LogP contribution in [0.15, 0.2) is 42.6 Å². The molecule has 1 atom stereocenters. The molecule has 3 rings (SSSR count). The van der Waals surface area contributed by atoms with Crippen molar-refractivity contribution in [3.63, 3.8) is 0 Å². The van der Waals surface area contributed by atoms with Crippen molar-refractivity contribution in [2.75, 3.05) is 25.1 Å².